The van der Waals surface area contributed by atoms with Gasteiger partial charge in [-0.25, -0.2) is 10.6 Å². The zero-order chi connectivity index (χ0) is 19.2. The fourth-order valence-electron chi connectivity index (χ4n) is 2.46. The molecule has 2 rings (SSSR count). The van der Waals surface area contributed by atoms with Gasteiger partial charge in [-0.2, -0.15) is 0 Å². The number of ether oxygens (including phenoxy) is 1. The number of nitrogens with one attached hydrogen (secondary N) is 2. The largest absolute Gasteiger partial charge is 0.444 e. The van der Waals surface area contributed by atoms with E-state index in [0.717, 1.165) is 16.7 Å². The summed E-state index contributed by atoms with van der Waals surface area (Å²) in [7, 11) is 0. The molecular weight excluding hydrogens is 330 g/mol. The topological polar surface area (TPSA) is 93.4 Å². The number of benzene rings is 2. The van der Waals surface area contributed by atoms with Gasteiger partial charge in [-0.05, 0) is 37.5 Å². The van der Waals surface area contributed by atoms with Gasteiger partial charge >= 0.3 is 6.09 Å². The second kappa shape index (κ2) is 8.49. The zero-order valence-electron chi connectivity index (χ0n) is 15.3. The molecule has 2 aromatic rings. The lowest BCUT2D eigenvalue weighted by Crippen LogP contribution is -2.51. The highest BCUT2D eigenvalue weighted by molar-refractivity contribution is 5.85. The number of hydrazine groups is 1. The molecule has 26 heavy (non-hydrogen) atoms. The van der Waals surface area contributed by atoms with Crippen LogP contribution in [0, 0.1) is 0 Å². The molecule has 138 valence electrons. The average Bonchev–Trinajstić information content (AvgIpc) is 2.60. The first-order valence-electron chi connectivity index (χ1n) is 8.43. The third-order valence-electron chi connectivity index (χ3n) is 3.65. The van der Waals surface area contributed by atoms with Gasteiger partial charge in [0.2, 0.25) is 0 Å². The Bertz CT molecular complexity index is 737. The van der Waals surface area contributed by atoms with Crippen LogP contribution >= 0.6 is 0 Å². The van der Waals surface area contributed by atoms with E-state index in [4.69, 9.17) is 10.6 Å². The predicted molar refractivity (Wildman–Crippen MR) is 101 cm³/mol. The van der Waals surface area contributed by atoms with E-state index in [-0.39, 0.29) is 0 Å². The number of hydrogen-bond acceptors (Lipinski definition) is 4. The summed E-state index contributed by atoms with van der Waals surface area (Å²) in [6, 6.07) is 17.0. The van der Waals surface area contributed by atoms with Crippen LogP contribution in [0.2, 0.25) is 0 Å². The smallest absolute Gasteiger partial charge is 0.408 e. The summed E-state index contributed by atoms with van der Waals surface area (Å²) < 4.78 is 5.21. The lowest BCUT2D eigenvalue weighted by molar-refractivity contribution is -0.123. The molecule has 0 saturated carbocycles. The van der Waals surface area contributed by atoms with Gasteiger partial charge in [0.15, 0.2) is 0 Å². The molecule has 2 aromatic carbocycles. The number of carbonyl (C=O) groups excluding carboxylic acids is 2. The Morgan fingerprint density at radius 2 is 1.58 bits per heavy atom. The van der Waals surface area contributed by atoms with Crippen molar-refractivity contribution in [1.29, 1.82) is 0 Å². The Kier molecular flexibility index (Phi) is 6.36. The van der Waals surface area contributed by atoms with Crippen LogP contribution in [0.15, 0.2) is 54.6 Å². The third kappa shape index (κ3) is 5.89. The molecule has 4 N–H and O–H groups in total. The summed E-state index contributed by atoms with van der Waals surface area (Å²) in [5.74, 6) is 4.75. The van der Waals surface area contributed by atoms with Gasteiger partial charge in [0.05, 0.1) is 0 Å². The Morgan fingerprint density at radius 1 is 1.00 bits per heavy atom. The van der Waals surface area contributed by atoms with Gasteiger partial charge in [-0.3, -0.25) is 10.2 Å². The fourth-order valence-corrected chi connectivity index (χ4v) is 2.46. The SMILES string of the molecule is CC(C)(C)OC(=O)N[C@H](Cc1ccc(-c2ccccc2)cc1)C(=O)NN. The van der Waals surface area contributed by atoms with Crippen molar-refractivity contribution in [2.75, 3.05) is 0 Å². The number of nitrogens with two attached hydrogens (primary N) is 1. The van der Waals surface area contributed by atoms with Crippen LogP contribution in [0.5, 0.6) is 0 Å². The maximum atomic E-state index is 12.0. The van der Waals surface area contributed by atoms with Crippen molar-refractivity contribution in [1.82, 2.24) is 10.7 Å². The van der Waals surface area contributed by atoms with Crippen LogP contribution in [0.3, 0.4) is 0 Å². The van der Waals surface area contributed by atoms with E-state index in [1.165, 1.54) is 0 Å². The van der Waals surface area contributed by atoms with Gasteiger partial charge in [0.1, 0.15) is 11.6 Å². The lowest BCUT2D eigenvalue weighted by Gasteiger charge is -2.23. The monoisotopic (exact) mass is 355 g/mol. The Hall–Kier alpha value is -2.86. The van der Waals surface area contributed by atoms with Crippen LogP contribution in [-0.4, -0.2) is 23.6 Å². The van der Waals surface area contributed by atoms with Crippen LogP contribution in [0.25, 0.3) is 11.1 Å². The molecule has 6 heteroatoms. The maximum Gasteiger partial charge on any atom is 0.408 e. The lowest BCUT2D eigenvalue weighted by atomic mass is 10.0. The Balaban J connectivity index is 2.08. The first-order valence-corrected chi connectivity index (χ1v) is 8.43. The normalized spacial score (nSPS) is 12.2. The number of hydrogen-bond donors (Lipinski definition) is 3. The maximum absolute atomic E-state index is 12.0. The molecule has 0 aliphatic rings. The van der Waals surface area contributed by atoms with Gasteiger partial charge in [-0.1, -0.05) is 54.6 Å². The van der Waals surface area contributed by atoms with Crippen LogP contribution in [0.1, 0.15) is 26.3 Å². The summed E-state index contributed by atoms with van der Waals surface area (Å²) in [6.45, 7) is 5.27. The second-order valence-corrected chi connectivity index (χ2v) is 6.97. The zero-order valence-corrected chi connectivity index (χ0v) is 15.3. The molecule has 0 aliphatic carbocycles. The van der Waals surface area contributed by atoms with E-state index in [1.54, 1.807) is 20.8 Å². The molecule has 0 fully saturated rings. The van der Waals surface area contributed by atoms with Crippen molar-refractivity contribution in [2.45, 2.75) is 38.8 Å². The van der Waals surface area contributed by atoms with Crippen molar-refractivity contribution in [3.63, 3.8) is 0 Å². The summed E-state index contributed by atoms with van der Waals surface area (Å²) in [4.78, 5) is 24.0. The molecule has 0 bridgehead atoms. The Labute approximate surface area is 153 Å². The van der Waals surface area contributed by atoms with E-state index in [0.29, 0.717) is 6.42 Å². The van der Waals surface area contributed by atoms with Gasteiger partial charge in [0.25, 0.3) is 5.91 Å². The molecule has 6 nitrogen and oxygen atoms in total. The van der Waals surface area contributed by atoms with E-state index >= 15 is 0 Å². The standard InChI is InChI=1S/C20H25N3O3/c1-20(2,3)26-19(25)22-17(18(24)23-21)13-14-9-11-16(12-10-14)15-7-5-4-6-8-15/h4-12,17H,13,21H2,1-3H3,(H,22,25)(H,23,24)/t17-/m1/s1. The van der Waals surface area contributed by atoms with Crippen LogP contribution in [-0.2, 0) is 16.0 Å². The van der Waals surface area contributed by atoms with Crippen LogP contribution < -0.4 is 16.6 Å². The average molecular weight is 355 g/mol. The predicted octanol–water partition coefficient (Wildman–Crippen LogP) is 2.78. The van der Waals surface area contributed by atoms with Crippen molar-refractivity contribution in [3.8, 4) is 11.1 Å². The number of amides is 2. The minimum absolute atomic E-state index is 0.303. The molecule has 0 aromatic heterocycles. The molecule has 0 radical (unpaired) electrons. The van der Waals surface area contributed by atoms with Gasteiger partial charge in [0, 0.05) is 6.42 Å². The van der Waals surface area contributed by atoms with Crippen molar-refractivity contribution >= 4 is 12.0 Å². The fraction of sp³-hybridized carbons (Fsp3) is 0.300. The second-order valence-electron chi connectivity index (χ2n) is 6.97. The summed E-state index contributed by atoms with van der Waals surface area (Å²) in [5.41, 5.74) is 4.52. The number of alkyl carbamates (subject to hydrolysis) is 1. The van der Waals surface area contributed by atoms with Crippen molar-refractivity contribution in [2.24, 2.45) is 5.84 Å². The van der Waals surface area contributed by atoms with Gasteiger partial charge < -0.3 is 10.1 Å². The van der Waals surface area contributed by atoms with E-state index in [1.807, 2.05) is 54.6 Å². The molecule has 0 heterocycles. The molecular formula is C20H25N3O3. The van der Waals surface area contributed by atoms with E-state index in [9.17, 15) is 9.59 Å². The van der Waals surface area contributed by atoms with E-state index < -0.39 is 23.6 Å². The third-order valence-corrected chi connectivity index (χ3v) is 3.65. The minimum atomic E-state index is -0.822. The summed E-state index contributed by atoms with van der Waals surface area (Å²) >= 11 is 0. The minimum Gasteiger partial charge on any atom is -0.444 e. The first kappa shape index (κ1) is 19.5. The molecule has 2 amide bonds. The summed E-state index contributed by atoms with van der Waals surface area (Å²) in [6.07, 6.45) is -0.357. The van der Waals surface area contributed by atoms with E-state index in [2.05, 4.69) is 10.7 Å². The molecule has 0 unspecified atom stereocenters. The molecule has 0 spiro atoms. The highest BCUT2D eigenvalue weighted by Crippen LogP contribution is 2.19. The molecule has 0 saturated heterocycles. The van der Waals surface area contributed by atoms with Crippen molar-refractivity contribution < 1.29 is 14.3 Å². The Morgan fingerprint density at radius 3 is 2.12 bits per heavy atom. The highest BCUT2D eigenvalue weighted by atomic mass is 16.6. The number of rotatable bonds is 5. The quantitative estimate of drug-likeness (QED) is 0.437. The first-order chi connectivity index (χ1) is 12.3. The highest BCUT2D eigenvalue weighted by Gasteiger charge is 2.24. The van der Waals surface area contributed by atoms with Crippen molar-refractivity contribution in [3.05, 3.63) is 60.2 Å². The van der Waals surface area contributed by atoms with Crippen LogP contribution in [0.4, 0.5) is 4.79 Å². The summed E-state index contributed by atoms with van der Waals surface area (Å²) in [5, 5.41) is 2.57. The molecule has 0 aliphatic heterocycles. The number of carbonyl (C=O) groups is 2. The molecule has 1 atom stereocenters. The van der Waals surface area contributed by atoms with Gasteiger partial charge in [-0.15, -0.1) is 0 Å².